The van der Waals surface area contributed by atoms with Crippen LogP contribution in [0.2, 0.25) is 0 Å². The maximum atomic E-state index is 14.1. The number of nitrogens with zero attached hydrogens (tertiary/aromatic N) is 2. The van der Waals surface area contributed by atoms with Crippen molar-refractivity contribution >= 4 is 33.9 Å². The van der Waals surface area contributed by atoms with Crippen molar-refractivity contribution < 1.29 is 13.9 Å². The molecule has 0 saturated heterocycles. The Bertz CT molecular complexity index is 2350. The van der Waals surface area contributed by atoms with E-state index in [-0.39, 0.29) is 17.4 Å². The molecule has 1 unspecified atom stereocenters. The summed E-state index contributed by atoms with van der Waals surface area (Å²) in [5, 5.41) is 2.32. The van der Waals surface area contributed by atoms with Crippen molar-refractivity contribution in [2.24, 2.45) is 4.99 Å². The lowest BCUT2D eigenvalue weighted by Gasteiger charge is -2.30. The van der Waals surface area contributed by atoms with Gasteiger partial charge in [0.15, 0.2) is 16.3 Å². The molecule has 0 bridgehead atoms. The molecule has 5 aromatic carbocycles. The highest BCUT2D eigenvalue weighted by atomic mass is 32.1. The fourth-order valence-corrected chi connectivity index (χ4v) is 7.59. The van der Waals surface area contributed by atoms with E-state index in [0.29, 0.717) is 27.4 Å². The van der Waals surface area contributed by atoms with E-state index in [1.807, 2.05) is 54.6 Å². The molecule has 1 aliphatic heterocycles. The number of methoxy groups -OCH3 is 1. The molecule has 0 saturated carbocycles. The van der Waals surface area contributed by atoms with E-state index < -0.39 is 0 Å². The molecule has 5 nitrogen and oxygen atoms in total. The lowest BCUT2D eigenvalue weighted by atomic mass is 9.83. The third-order valence-electron chi connectivity index (χ3n) is 8.81. The maximum Gasteiger partial charge on any atom is 0.271 e. The van der Waals surface area contributed by atoms with Crippen molar-refractivity contribution in [3.63, 3.8) is 0 Å². The summed E-state index contributed by atoms with van der Waals surface area (Å²) in [6.45, 7) is 0.396. The summed E-state index contributed by atoms with van der Waals surface area (Å²) in [6.07, 6.45) is 3.51. The normalized spacial score (nSPS) is 15.6. The number of halogens is 1. The first-order chi connectivity index (χ1) is 22.6. The molecule has 0 N–H and O–H groups in total. The fourth-order valence-electron chi connectivity index (χ4n) is 6.59. The number of fused-ring (bicyclic) bond motifs is 4. The first kappa shape index (κ1) is 28.2. The third kappa shape index (κ3) is 4.93. The molecule has 1 aromatic heterocycles. The second-order valence-corrected chi connectivity index (χ2v) is 12.5. The summed E-state index contributed by atoms with van der Waals surface area (Å²) in [7, 11) is 1.61. The van der Waals surface area contributed by atoms with Crippen LogP contribution in [-0.4, -0.2) is 11.7 Å². The minimum atomic E-state index is -0.360. The van der Waals surface area contributed by atoms with Crippen molar-refractivity contribution in [3.05, 3.63) is 168 Å². The van der Waals surface area contributed by atoms with Crippen molar-refractivity contribution in [2.45, 2.75) is 25.5 Å². The van der Waals surface area contributed by atoms with E-state index in [2.05, 4.69) is 36.4 Å². The van der Waals surface area contributed by atoms with Crippen LogP contribution in [0.15, 0.2) is 125 Å². The summed E-state index contributed by atoms with van der Waals surface area (Å²) >= 11 is 1.36. The van der Waals surface area contributed by atoms with Crippen LogP contribution in [0.5, 0.6) is 11.5 Å². The Labute approximate surface area is 268 Å². The van der Waals surface area contributed by atoms with Crippen LogP contribution in [0.1, 0.15) is 40.3 Å². The number of hydrogen-bond donors (Lipinski definition) is 0. The fraction of sp³-hybridized carbons (Fsp3) is 0.128. The number of ether oxygens (including phenoxy) is 2. The Morgan fingerprint density at radius 1 is 0.913 bits per heavy atom. The third-order valence-corrected chi connectivity index (χ3v) is 9.79. The second-order valence-electron chi connectivity index (χ2n) is 11.5. The van der Waals surface area contributed by atoms with Crippen LogP contribution >= 0.6 is 11.3 Å². The van der Waals surface area contributed by atoms with Crippen molar-refractivity contribution in [3.8, 4) is 11.5 Å². The Morgan fingerprint density at radius 2 is 1.72 bits per heavy atom. The minimum absolute atomic E-state index is 0.126. The average molecular weight is 625 g/mol. The Hall–Kier alpha value is -5.27. The van der Waals surface area contributed by atoms with Gasteiger partial charge in [0.1, 0.15) is 12.4 Å². The molecule has 226 valence electrons. The van der Waals surface area contributed by atoms with Crippen LogP contribution in [0, 0.1) is 5.82 Å². The zero-order valence-corrected chi connectivity index (χ0v) is 25.9. The summed E-state index contributed by atoms with van der Waals surface area (Å²) < 4.78 is 28.2. The van der Waals surface area contributed by atoms with Gasteiger partial charge in [-0.05, 0) is 81.8 Å². The van der Waals surface area contributed by atoms with Crippen molar-refractivity contribution in [1.29, 1.82) is 0 Å². The van der Waals surface area contributed by atoms with Crippen molar-refractivity contribution in [2.75, 3.05) is 7.11 Å². The summed E-state index contributed by atoms with van der Waals surface area (Å²) in [6, 6.07) is 34.5. The lowest BCUT2D eigenvalue weighted by Crippen LogP contribution is -2.38. The van der Waals surface area contributed by atoms with E-state index in [9.17, 15) is 9.18 Å². The smallest absolute Gasteiger partial charge is 0.271 e. The molecule has 2 aliphatic rings. The van der Waals surface area contributed by atoms with Gasteiger partial charge < -0.3 is 9.47 Å². The number of benzene rings is 5. The van der Waals surface area contributed by atoms with Crippen LogP contribution < -0.4 is 24.4 Å². The van der Waals surface area contributed by atoms with Gasteiger partial charge in [-0.25, -0.2) is 9.38 Å². The number of aromatic nitrogens is 1. The molecule has 1 aliphatic carbocycles. The van der Waals surface area contributed by atoms with Crippen LogP contribution in [0.25, 0.3) is 22.5 Å². The molecule has 7 heteroatoms. The Kier molecular flexibility index (Phi) is 7.11. The predicted molar refractivity (Wildman–Crippen MR) is 180 cm³/mol. The average Bonchev–Trinajstić information content (AvgIpc) is 3.40. The second kappa shape index (κ2) is 11.6. The quantitative estimate of drug-likeness (QED) is 0.197. The molecule has 8 rings (SSSR count). The summed E-state index contributed by atoms with van der Waals surface area (Å²) in [4.78, 5) is 19.8. The standard InChI is InChI=1S/C39H29FN2O3S/c1-44-34-21-24(13-20-33(34)45-23-28-10-6-9-25-7-2-4-11-30(25)28)22-35-38(43)42-37(27-14-17-29(40)18-15-27)32-19-16-26-8-3-5-12-31(26)36(32)41-39(42)46-35/h2-15,17-18,20-22,37H,16,19,23H2,1H3. The minimum Gasteiger partial charge on any atom is -0.493 e. The molecule has 0 amide bonds. The molecular weight excluding hydrogens is 596 g/mol. The zero-order valence-electron chi connectivity index (χ0n) is 25.1. The molecule has 1 atom stereocenters. The number of hydrogen-bond acceptors (Lipinski definition) is 5. The molecule has 6 aromatic rings. The first-order valence-electron chi connectivity index (χ1n) is 15.2. The number of aryl methyl sites for hydroxylation is 1. The van der Waals surface area contributed by atoms with E-state index in [1.54, 1.807) is 23.8 Å². The summed E-state index contributed by atoms with van der Waals surface area (Å²) in [5.74, 6) is 0.896. The number of thiazole rings is 1. The lowest BCUT2D eigenvalue weighted by molar-refractivity contribution is 0.285. The maximum absolute atomic E-state index is 14.1. The van der Waals surface area contributed by atoms with Gasteiger partial charge in [0.2, 0.25) is 0 Å². The Balaban J connectivity index is 1.18. The van der Waals surface area contributed by atoms with Gasteiger partial charge in [0.05, 0.1) is 23.4 Å². The first-order valence-corrected chi connectivity index (χ1v) is 16.0. The van der Waals surface area contributed by atoms with Crippen LogP contribution in [-0.2, 0) is 13.0 Å². The summed E-state index contributed by atoms with van der Waals surface area (Å²) in [5.41, 5.74) is 6.98. The molecule has 2 heterocycles. The van der Waals surface area contributed by atoms with Gasteiger partial charge in [0, 0.05) is 5.56 Å². The van der Waals surface area contributed by atoms with E-state index in [0.717, 1.165) is 51.8 Å². The van der Waals surface area contributed by atoms with Crippen LogP contribution in [0.4, 0.5) is 4.39 Å². The van der Waals surface area contributed by atoms with Gasteiger partial charge in [-0.3, -0.25) is 9.36 Å². The van der Waals surface area contributed by atoms with Gasteiger partial charge in [0.25, 0.3) is 5.56 Å². The topological polar surface area (TPSA) is 52.8 Å². The Morgan fingerprint density at radius 3 is 2.59 bits per heavy atom. The van der Waals surface area contributed by atoms with Gasteiger partial charge in [-0.15, -0.1) is 0 Å². The molecule has 0 spiro atoms. The van der Waals surface area contributed by atoms with Gasteiger partial charge >= 0.3 is 0 Å². The van der Waals surface area contributed by atoms with Crippen LogP contribution in [0.3, 0.4) is 0 Å². The predicted octanol–water partition coefficient (Wildman–Crippen LogP) is 7.20. The van der Waals surface area contributed by atoms with E-state index in [1.165, 1.54) is 34.4 Å². The van der Waals surface area contributed by atoms with Gasteiger partial charge in [-0.2, -0.15) is 0 Å². The highest BCUT2D eigenvalue weighted by Crippen LogP contribution is 2.41. The largest absolute Gasteiger partial charge is 0.493 e. The monoisotopic (exact) mass is 624 g/mol. The van der Waals surface area contributed by atoms with Gasteiger partial charge in [-0.1, -0.05) is 96.3 Å². The van der Waals surface area contributed by atoms with E-state index in [4.69, 9.17) is 14.5 Å². The highest BCUT2D eigenvalue weighted by molar-refractivity contribution is 7.07. The SMILES string of the molecule is COc1cc(C=c2sc3n(c2=O)C(c2ccc(F)cc2)C2=C(N=3)c3ccccc3CC2)ccc1OCc1cccc2ccccc12. The molecular formula is C39H29FN2O3S. The molecule has 46 heavy (non-hydrogen) atoms. The van der Waals surface area contributed by atoms with Crippen molar-refractivity contribution in [1.82, 2.24) is 4.57 Å². The molecule has 0 fully saturated rings. The van der Waals surface area contributed by atoms with E-state index >= 15 is 0 Å². The number of allylic oxidation sites excluding steroid dienone is 1. The zero-order chi connectivity index (χ0) is 31.2. The number of rotatable bonds is 6. The highest BCUT2D eigenvalue weighted by Gasteiger charge is 2.32. The molecule has 0 radical (unpaired) electrons.